The van der Waals surface area contributed by atoms with E-state index in [1.165, 1.54) is 89.9 Å². The summed E-state index contributed by atoms with van der Waals surface area (Å²) >= 11 is 0. The number of hydrogen-bond donors (Lipinski definition) is 0. The summed E-state index contributed by atoms with van der Waals surface area (Å²) in [5.74, 6) is 7.45. The molecule has 0 aromatic rings. The molecule has 0 saturated heterocycles. The molecule has 7 atom stereocenters. The van der Waals surface area contributed by atoms with Gasteiger partial charge >= 0.3 is 0 Å². The zero-order valence-corrected chi connectivity index (χ0v) is 21.8. The van der Waals surface area contributed by atoms with Crippen molar-refractivity contribution in [1.29, 1.82) is 0 Å². The van der Waals surface area contributed by atoms with E-state index in [1.807, 2.05) is 16.7 Å². The minimum Gasteiger partial charge on any atom is -0.0816 e. The Kier molecular flexibility index (Phi) is 5.02. The predicted octanol–water partition coefficient (Wildman–Crippen LogP) is 8.75. The number of rotatable bonds is 6. The SMILES string of the molecule is C[Si](C)C(C1=CC2CCC1C2)(C1=CC2CCC1C2)C(C1=CC2CCC1C2)C1CCCCC1. The molecule has 0 nitrogen and oxygen atoms in total. The fraction of sp³-hybridized carbons (Fsp3) is 0.806. The second kappa shape index (κ2) is 7.72. The van der Waals surface area contributed by atoms with E-state index in [9.17, 15) is 0 Å². The summed E-state index contributed by atoms with van der Waals surface area (Å²) in [5, 5.41) is 0.461. The summed E-state index contributed by atoms with van der Waals surface area (Å²) in [5.41, 5.74) is 6.09. The van der Waals surface area contributed by atoms with Gasteiger partial charge in [0.25, 0.3) is 0 Å². The van der Waals surface area contributed by atoms with Crippen LogP contribution in [0.4, 0.5) is 0 Å². The maximum Gasteiger partial charge on any atom is 0.0597 e. The molecule has 6 bridgehead atoms. The van der Waals surface area contributed by atoms with Crippen molar-refractivity contribution in [3.8, 4) is 0 Å². The first-order valence-electron chi connectivity index (χ1n) is 14.6. The minimum atomic E-state index is -0.519. The van der Waals surface area contributed by atoms with Crippen LogP contribution in [-0.4, -0.2) is 8.80 Å². The van der Waals surface area contributed by atoms with Gasteiger partial charge in [-0.3, -0.25) is 0 Å². The second-order valence-corrected chi connectivity index (χ2v) is 16.2. The Bertz CT molecular complexity index is 816. The number of fused-ring (bicyclic) bond motifs is 6. The zero-order chi connectivity index (χ0) is 21.4. The van der Waals surface area contributed by atoms with Crippen molar-refractivity contribution < 1.29 is 0 Å². The maximum absolute atomic E-state index is 2.92. The zero-order valence-electron chi connectivity index (χ0n) is 20.8. The van der Waals surface area contributed by atoms with Gasteiger partial charge in [0.15, 0.2) is 0 Å². The van der Waals surface area contributed by atoms with Gasteiger partial charge in [0.2, 0.25) is 0 Å². The Balaban J connectivity index is 1.44. The molecule has 1 radical (unpaired) electrons. The van der Waals surface area contributed by atoms with Crippen LogP contribution in [0.25, 0.3) is 0 Å². The Morgan fingerprint density at radius 2 is 1.19 bits per heavy atom. The van der Waals surface area contributed by atoms with Crippen LogP contribution in [0, 0.1) is 47.3 Å². The van der Waals surface area contributed by atoms with E-state index in [-0.39, 0.29) is 0 Å². The highest BCUT2D eigenvalue weighted by molar-refractivity contribution is 6.61. The molecular formula is C31H45Si. The van der Waals surface area contributed by atoms with E-state index >= 15 is 0 Å². The molecule has 7 aliphatic carbocycles. The first-order valence-corrected chi connectivity index (χ1v) is 17.1. The van der Waals surface area contributed by atoms with E-state index in [0.29, 0.717) is 5.04 Å². The quantitative estimate of drug-likeness (QED) is 0.283. The molecule has 7 aliphatic rings. The molecule has 0 aromatic heterocycles. The van der Waals surface area contributed by atoms with Crippen molar-refractivity contribution in [2.45, 2.75) is 108 Å². The fourth-order valence-corrected chi connectivity index (χ4v) is 13.3. The second-order valence-electron chi connectivity index (χ2n) is 13.4. The van der Waals surface area contributed by atoms with Gasteiger partial charge in [-0.15, -0.1) is 0 Å². The molecule has 7 unspecified atom stereocenters. The summed E-state index contributed by atoms with van der Waals surface area (Å²) < 4.78 is 0. The normalized spacial score (nSPS) is 43.0. The van der Waals surface area contributed by atoms with Gasteiger partial charge in [-0.2, -0.15) is 0 Å². The topological polar surface area (TPSA) is 0 Å². The van der Waals surface area contributed by atoms with Crippen LogP contribution in [0.5, 0.6) is 0 Å². The maximum atomic E-state index is 2.92. The fourth-order valence-electron chi connectivity index (χ4n) is 10.6. The Labute approximate surface area is 199 Å². The highest BCUT2D eigenvalue weighted by Crippen LogP contribution is 2.71. The van der Waals surface area contributed by atoms with Crippen molar-refractivity contribution in [3.63, 3.8) is 0 Å². The standard InChI is InChI=1S/C31H45Si/c1-32(2)31(28-18-21-9-12-25(28)15-21,29-19-22-10-13-26(29)16-22)30(23-6-4-3-5-7-23)27-17-20-8-11-24(27)14-20/h17-26,30H,3-16H2,1-2H3. The molecule has 0 heterocycles. The van der Waals surface area contributed by atoms with Crippen molar-refractivity contribution in [2.24, 2.45) is 47.3 Å². The van der Waals surface area contributed by atoms with Crippen LogP contribution in [-0.2, 0) is 0 Å². The average Bonchev–Trinajstić information content (AvgIpc) is 3.65. The molecule has 0 N–H and O–H groups in total. The lowest BCUT2D eigenvalue weighted by atomic mass is 9.60. The number of hydrogen-bond acceptors (Lipinski definition) is 0. The summed E-state index contributed by atoms with van der Waals surface area (Å²) in [6.07, 6.45) is 29.8. The Morgan fingerprint density at radius 1 is 0.656 bits per heavy atom. The molecule has 32 heavy (non-hydrogen) atoms. The van der Waals surface area contributed by atoms with Crippen molar-refractivity contribution in [2.75, 3.05) is 0 Å². The molecule has 0 amide bonds. The lowest BCUT2D eigenvalue weighted by Crippen LogP contribution is -2.46. The molecule has 0 aliphatic heterocycles. The average molecular weight is 446 g/mol. The molecule has 4 saturated carbocycles. The van der Waals surface area contributed by atoms with Crippen LogP contribution in [0.1, 0.15) is 89.9 Å². The third-order valence-corrected chi connectivity index (χ3v) is 14.1. The van der Waals surface area contributed by atoms with Gasteiger partial charge in [0, 0.05) is 5.04 Å². The smallest absolute Gasteiger partial charge is 0.0597 e. The van der Waals surface area contributed by atoms with E-state index in [2.05, 4.69) is 31.3 Å². The van der Waals surface area contributed by atoms with Crippen LogP contribution < -0.4 is 0 Å². The van der Waals surface area contributed by atoms with Crippen molar-refractivity contribution >= 4 is 8.80 Å². The van der Waals surface area contributed by atoms with Gasteiger partial charge in [-0.25, -0.2) is 0 Å². The highest BCUT2D eigenvalue weighted by atomic mass is 28.3. The lowest BCUT2D eigenvalue weighted by molar-refractivity contribution is 0.223. The molecule has 173 valence electrons. The third kappa shape index (κ3) is 2.91. The predicted molar refractivity (Wildman–Crippen MR) is 137 cm³/mol. The molecule has 1 heteroatoms. The Morgan fingerprint density at radius 3 is 1.59 bits per heavy atom. The van der Waals surface area contributed by atoms with E-state index in [0.717, 1.165) is 47.3 Å². The lowest BCUT2D eigenvalue weighted by Gasteiger charge is -2.55. The van der Waals surface area contributed by atoms with Crippen molar-refractivity contribution in [1.82, 2.24) is 0 Å². The highest BCUT2D eigenvalue weighted by Gasteiger charge is 2.59. The van der Waals surface area contributed by atoms with E-state index in [4.69, 9.17) is 0 Å². The van der Waals surface area contributed by atoms with Gasteiger partial charge in [-0.05, 0) is 118 Å². The summed E-state index contributed by atoms with van der Waals surface area (Å²) in [7, 11) is -0.519. The van der Waals surface area contributed by atoms with Gasteiger partial charge in [0.05, 0.1) is 8.80 Å². The molecule has 7 rings (SSSR count). The first-order chi connectivity index (χ1) is 15.6. The van der Waals surface area contributed by atoms with E-state index < -0.39 is 8.80 Å². The monoisotopic (exact) mass is 445 g/mol. The van der Waals surface area contributed by atoms with Gasteiger partial charge in [-0.1, -0.05) is 67.3 Å². The van der Waals surface area contributed by atoms with Crippen LogP contribution in [0.3, 0.4) is 0 Å². The summed E-state index contributed by atoms with van der Waals surface area (Å²) in [4.78, 5) is 0. The van der Waals surface area contributed by atoms with Crippen LogP contribution in [0.15, 0.2) is 34.9 Å². The van der Waals surface area contributed by atoms with Crippen molar-refractivity contribution in [3.05, 3.63) is 34.9 Å². The summed E-state index contributed by atoms with van der Waals surface area (Å²) in [6.45, 7) is 5.52. The molecule has 4 fully saturated rings. The Hall–Kier alpha value is -0.563. The molecular weight excluding hydrogens is 400 g/mol. The van der Waals surface area contributed by atoms with Gasteiger partial charge in [0.1, 0.15) is 0 Å². The summed E-state index contributed by atoms with van der Waals surface area (Å²) in [6, 6.07) is 0. The third-order valence-electron chi connectivity index (χ3n) is 11.7. The minimum absolute atomic E-state index is 0.461. The van der Waals surface area contributed by atoms with Gasteiger partial charge < -0.3 is 0 Å². The largest absolute Gasteiger partial charge is 0.0816 e. The molecule has 0 spiro atoms. The first kappa shape index (κ1) is 20.8. The van der Waals surface area contributed by atoms with Crippen LogP contribution in [0.2, 0.25) is 18.1 Å². The number of allylic oxidation sites excluding steroid dienone is 6. The molecule has 0 aromatic carbocycles. The van der Waals surface area contributed by atoms with E-state index in [1.54, 1.807) is 0 Å². The van der Waals surface area contributed by atoms with Crippen LogP contribution >= 0.6 is 0 Å².